The summed E-state index contributed by atoms with van der Waals surface area (Å²) in [6.45, 7) is 8.75. The summed E-state index contributed by atoms with van der Waals surface area (Å²) in [4.78, 5) is 28.0. The largest absolute Gasteiger partial charge is 0.377 e. The zero-order valence-electron chi connectivity index (χ0n) is 18.1. The summed E-state index contributed by atoms with van der Waals surface area (Å²) in [7, 11) is 3.49. The maximum atomic E-state index is 11.8. The van der Waals surface area contributed by atoms with E-state index in [1.165, 1.54) is 6.08 Å². The van der Waals surface area contributed by atoms with Crippen molar-refractivity contribution in [1.82, 2.24) is 34.6 Å². The van der Waals surface area contributed by atoms with E-state index in [0.717, 1.165) is 11.3 Å². The first-order valence-corrected chi connectivity index (χ1v) is 10.1. The molecule has 0 aromatic carbocycles. The third-order valence-electron chi connectivity index (χ3n) is 5.30. The molecule has 31 heavy (non-hydrogen) atoms. The van der Waals surface area contributed by atoms with Crippen molar-refractivity contribution in [2.45, 2.75) is 32.0 Å². The van der Waals surface area contributed by atoms with Gasteiger partial charge in [0, 0.05) is 39.5 Å². The Bertz CT molecular complexity index is 1100. The second-order valence-electron chi connectivity index (χ2n) is 7.82. The summed E-state index contributed by atoms with van der Waals surface area (Å²) in [6.07, 6.45) is 6.44. The number of hydrogen-bond donors (Lipinski definition) is 2. The molecule has 3 aromatic rings. The molecule has 2 atom stereocenters. The Morgan fingerprint density at radius 2 is 2.16 bits per heavy atom. The zero-order chi connectivity index (χ0) is 22.1. The average Bonchev–Trinajstić information content (AvgIpc) is 3.45. The molecule has 1 aliphatic rings. The summed E-state index contributed by atoms with van der Waals surface area (Å²) >= 11 is 0. The monoisotopic (exact) mass is 425 g/mol. The van der Waals surface area contributed by atoms with Crippen molar-refractivity contribution in [3.8, 4) is 0 Å². The third kappa shape index (κ3) is 4.08. The van der Waals surface area contributed by atoms with Gasteiger partial charge >= 0.3 is 0 Å². The molecular formula is C20H27N9O2. The molecule has 0 spiro atoms. The van der Waals surface area contributed by atoms with Gasteiger partial charge in [-0.3, -0.25) is 9.48 Å². The number of nitrogens with zero attached hydrogens (tertiary/aromatic N) is 7. The Balaban J connectivity index is 1.72. The van der Waals surface area contributed by atoms with Crippen LogP contribution in [0.3, 0.4) is 0 Å². The minimum Gasteiger partial charge on any atom is -0.377 e. The Kier molecular flexibility index (Phi) is 5.59. The number of amides is 1. The van der Waals surface area contributed by atoms with Crippen LogP contribution in [-0.2, 0) is 16.6 Å². The minimum absolute atomic E-state index is 0.184. The number of rotatable bonds is 7. The Morgan fingerprint density at radius 1 is 1.35 bits per heavy atom. The molecule has 2 unspecified atom stereocenters. The zero-order valence-corrected chi connectivity index (χ0v) is 18.1. The summed E-state index contributed by atoms with van der Waals surface area (Å²) in [6, 6.07) is -0.0107. The first-order chi connectivity index (χ1) is 14.9. The van der Waals surface area contributed by atoms with Gasteiger partial charge in [0.2, 0.25) is 11.9 Å². The molecule has 0 bridgehead atoms. The smallest absolute Gasteiger partial charge is 0.243 e. The average molecular weight is 425 g/mol. The number of imidazole rings is 1. The second-order valence-corrected chi connectivity index (χ2v) is 7.82. The van der Waals surface area contributed by atoms with Crippen LogP contribution >= 0.6 is 0 Å². The summed E-state index contributed by atoms with van der Waals surface area (Å²) in [5, 5.41) is 10.4. The molecule has 1 aliphatic heterocycles. The highest BCUT2D eigenvalue weighted by Crippen LogP contribution is 2.28. The lowest BCUT2D eigenvalue weighted by atomic mass is 10.2. The topological polar surface area (TPSA) is 115 Å². The first kappa shape index (κ1) is 20.8. The standard InChI is InChI=1S/C20H27N9O2/c1-6-16(30)24-14-9-28(10-15(14)31-5)20-25-18(23-13-7-22-27(4)8-13)17-19(26-20)29(11-21-17)12(2)3/h6-8,11-12,14-15H,1,9-10H2,2-5H3,(H,24,30)(H,23,25,26). The van der Waals surface area contributed by atoms with E-state index in [9.17, 15) is 4.79 Å². The van der Waals surface area contributed by atoms with Crippen molar-refractivity contribution < 1.29 is 9.53 Å². The number of ether oxygens (including phenoxy) is 1. The van der Waals surface area contributed by atoms with Crippen molar-refractivity contribution >= 4 is 34.5 Å². The Hall–Kier alpha value is -3.47. The highest BCUT2D eigenvalue weighted by atomic mass is 16.5. The minimum atomic E-state index is -0.234. The molecule has 2 N–H and O–H groups in total. The SMILES string of the molecule is C=CC(=O)NC1CN(c2nc(Nc3cnn(C)c3)c3ncn(C(C)C)c3n2)CC1OC. The van der Waals surface area contributed by atoms with E-state index in [2.05, 4.69) is 41.1 Å². The number of carbonyl (C=O) groups is 1. The highest BCUT2D eigenvalue weighted by Gasteiger charge is 2.35. The number of carbonyl (C=O) groups excluding carboxylic acids is 1. The predicted molar refractivity (Wildman–Crippen MR) is 117 cm³/mol. The highest BCUT2D eigenvalue weighted by molar-refractivity contribution is 5.88. The molecule has 1 fully saturated rings. The molecule has 1 saturated heterocycles. The van der Waals surface area contributed by atoms with E-state index in [1.54, 1.807) is 24.3 Å². The fourth-order valence-corrected chi connectivity index (χ4v) is 3.69. The van der Waals surface area contributed by atoms with Gasteiger partial charge in [0.25, 0.3) is 0 Å². The molecule has 4 rings (SSSR count). The van der Waals surface area contributed by atoms with Gasteiger partial charge < -0.3 is 24.8 Å². The third-order valence-corrected chi connectivity index (χ3v) is 5.30. The Morgan fingerprint density at radius 3 is 2.81 bits per heavy atom. The predicted octanol–water partition coefficient (Wildman–Crippen LogP) is 1.39. The van der Waals surface area contributed by atoms with Crippen LogP contribution in [0.2, 0.25) is 0 Å². The van der Waals surface area contributed by atoms with Crippen LogP contribution in [-0.4, -0.2) is 67.6 Å². The second kappa shape index (κ2) is 8.34. The summed E-state index contributed by atoms with van der Waals surface area (Å²) in [5.74, 6) is 0.903. The van der Waals surface area contributed by atoms with Gasteiger partial charge in [-0.25, -0.2) is 4.98 Å². The van der Waals surface area contributed by atoms with Gasteiger partial charge in [-0.15, -0.1) is 0 Å². The number of anilines is 3. The van der Waals surface area contributed by atoms with Gasteiger partial charge in [-0.1, -0.05) is 6.58 Å². The summed E-state index contributed by atoms with van der Waals surface area (Å²) in [5.41, 5.74) is 2.22. The fourth-order valence-electron chi connectivity index (χ4n) is 3.69. The maximum absolute atomic E-state index is 11.8. The number of aromatic nitrogens is 6. The maximum Gasteiger partial charge on any atom is 0.243 e. The van der Waals surface area contributed by atoms with Crippen LogP contribution in [0, 0.1) is 0 Å². The van der Waals surface area contributed by atoms with Crippen molar-refractivity contribution in [3.63, 3.8) is 0 Å². The number of methoxy groups -OCH3 is 1. The van der Waals surface area contributed by atoms with Gasteiger partial charge in [0.1, 0.15) is 0 Å². The summed E-state index contributed by atoms with van der Waals surface area (Å²) < 4.78 is 9.32. The molecule has 1 amide bonds. The van der Waals surface area contributed by atoms with Crippen LogP contribution in [0.5, 0.6) is 0 Å². The van der Waals surface area contributed by atoms with E-state index in [-0.39, 0.29) is 24.1 Å². The molecule has 0 saturated carbocycles. The van der Waals surface area contributed by atoms with Crippen molar-refractivity contribution in [2.24, 2.45) is 7.05 Å². The molecule has 164 valence electrons. The van der Waals surface area contributed by atoms with Crippen LogP contribution in [0.15, 0.2) is 31.4 Å². The van der Waals surface area contributed by atoms with E-state index in [0.29, 0.717) is 30.4 Å². The number of aryl methyl sites for hydroxylation is 1. The molecule has 0 radical (unpaired) electrons. The van der Waals surface area contributed by atoms with Crippen molar-refractivity contribution in [3.05, 3.63) is 31.4 Å². The van der Waals surface area contributed by atoms with Crippen molar-refractivity contribution in [1.29, 1.82) is 0 Å². The molecule has 4 heterocycles. The van der Waals surface area contributed by atoms with Gasteiger partial charge in [0.15, 0.2) is 17.0 Å². The lowest BCUT2D eigenvalue weighted by Gasteiger charge is -2.18. The number of fused-ring (bicyclic) bond motifs is 1. The molecule has 11 heteroatoms. The van der Waals surface area contributed by atoms with E-state index in [4.69, 9.17) is 14.7 Å². The first-order valence-electron chi connectivity index (χ1n) is 10.1. The molecule has 3 aromatic heterocycles. The van der Waals surface area contributed by atoms with E-state index >= 15 is 0 Å². The van der Waals surface area contributed by atoms with Crippen LogP contribution in [0.4, 0.5) is 17.5 Å². The molecule has 11 nitrogen and oxygen atoms in total. The van der Waals surface area contributed by atoms with E-state index < -0.39 is 0 Å². The normalized spacial score (nSPS) is 18.7. The van der Waals surface area contributed by atoms with Gasteiger partial charge in [0.05, 0.1) is 30.4 Å². The number of hydrogen-bond acceptors (Lipinski definition) is 8. The molecular weight excluding hydrogens is 398 g/mol. The van der Waals surface area contributed by atoms with Crippen LogP contribution in [0.25, 0.3) is 11.2 Å². The van der Waals surface area contributed by atoms with Crippen LogP contribution < -0.4 is 15.5 Å². The number of nitrogens with one attached hydrogen (secondary N) is 2. The van der Waals surface area contributed by atoms with Crippen LogP contribution in [0.1, 0.15) is 19.9 Å². The molecule has 0 aliphatic carbocycles. The van der Waals surface area contributed by atoms with Crippen molar-refractivity contribution in [2.75, 3.05) is 30.4 Å². The lowest BCUT2D eigenvalue weighted by molar-refractivity contribution is -0.117. The van der Waals surface area contributed by atoms with Gasteiger partial charge in [-0.2, -0.15) is 15.1 Å². The Labute approximate surface area is 180 Å². The van der Waals surface area contributed by atoms with E-state index in [1.807, 2.05) is 22.7 Å². The lowest BCUT2D eigenvalue weighted by Crippen LogP contribution is -2.42. The fraction of sp³-hybridized carbons (Fsp3) is 0.450. The van der Waals surface area contributed by atoms with Gasteiger partial charge in [-0.05, 0) is 19.9 Å². The quantitative estimate of drug-likeness (QED) is 0.546.